The van der Waals surface area contributed by atoms with Crippen molar-refractivity contribution in [3.05, 3.63) is 60.2 Å². The molecule has 0 saturated carbocycles. The summed E-state index contributed by atoms with van der Waals surface area (Å²) in [6, 6.07) is 17.7. The van der Waals surface area contributed by atoms with E-state index in [9.17, 15) is 5.11 Å². The van der Waals surface area contributed by atoms with Crippen LogP contribution in [-0.4, -0.2) is 42.9 Å². The van der Waals surface area contributed by atoms with Crippen LogP contribution in [0.25, 0.3) is 0 Å². The minimum absolute atomic E-state index is 0.296. The van der Waals surface area contributed by atoms with Gasteiger partial charge in [0.15, 0.2) is 0 Å². The van der Waals surface area contributed by atoms with Crippen LogP contribution in [0.4, 0.5) is 0 Å². The highest BCUT2D eigenvalue weighted by atomic mass is 16.5. The molecule has 142 valence electrons. The number of hydrogen-bond acceptors (Lipinski definition) is 4. The van der Waals surface area contributed by atoms with Crippen molar-refractivity contribution in [2.45, 2.75) is 32.9 Å². The summed E-state index contributed by atoms with van der Waals surface area (Å²) in [4.78, 5) is 2.29. The number of hydrogen-bond donors (Lipinski definition) is 1. The summed E-state index contributed by atoms with van der Waals surface area (Å²) in [5.41, 5.74) is 1.21. The Balaban J connectivity index is 1.89. The van der Waals surface area contributed by atoms with Gasteiger partial charge in [0, 0.05) is 13.1 Å². The predicted molar refractivity (Wildman–Crippen MR) is 106 cm³/mol. The largest absolute Gasteiger partial charge is 0.497 e. The second kappa shape index (κ2) is 10.8. The van der Waals surface area contributed by atoms with Gasteiger partial charge in [-0.1, -0.05) is 44.2 Å². The van der Waals surface area contributed by atoms with Gasteiger partial charge in [-0.15, -0.1) is 0 Å². The first-order valence-electron chi connectivity index (χ1n) is 9.28. The van der Waals surface area contributed by atoms with E-state index in [4.69, 9.17) is 9.47 Å². The van der Waals surface area contributed by atoms with Crippen LogP contribution in [0.2, 0.25) is 0 Å². The average Bonchev–Trinajstić information content (AvgIpc) is 2.66. The minimum Gasteiger partial charge on any atom is -0.497 e. The highest BCUT2D eigenvalue weighted by Gasteiger charge is 2.14. The summed E-state index contributed by atoms with van der Waals surface area (Å²) in [6.45, 7) is 7.09. The molecule has 0 aliphatic heterocycles. The Bertz CT molecular complexity index is 613. The number of nitrogens with zero attached hydrogens (tertiary/aromatic N) is 1. The van der Waals surface area contributed by atoms with Gasteiger partial charge in [0.25, 0.3) is 0 Å². The topological polar surface area (TPSA) is 41.9 Å². The summed E-state index contributed by atoms with van der Waals surface area (Å²) in [6.07, 6.45) is 0.572. The zero-order chi connectivity index (χ0) is 18.8. The van der Waals surface area contributed by atoms with Crippen molar-refractivity contribution in [2.24, 2.45) is 5.92 Å². The fourth-order valence-electron chi connectivity index (χ4n) is 2.72. The molecule has 0 saturated heterocycles. The average molecular weight is 357 g/mol. The quantitative estimate of drug-likeness (QED) is 0.660. The zero-order valence-electron chi connectivity index (χ0n) is 16.1. The molecule has 26 heavy (non-hydrogen) atoms. The van der Waals surface area contributed by atoms with Gasteiger partial charge in [0.1, 0.15) is 24.2 Å². The molecule has 0 aromatic heterocycles. The Labute approximate surface area is 157 Å². The highest BCUT2D eigenvalue weighted by molar-refractivity contribution is 5.27. The molecule has 0 heterocycles. The fourth-order valence-corrected chi connectivity index (χ4v) is 2.72. The normalized spacial score (nSPS) is 12.4. The van der Waals surface area contributed by atoms with Crippen LogP contribution in [0.3, 0.4) is 0 Å². The third-order valence-corrected chi connectivity index (χ3v) is 4.24. The van der Waals surface area contributed by atoms with Crippen molar-refractivity contribution in [3.63, 3.8) is 0 Å². The molecule has 0 radical (unpaired) electrons. The van der Waals surface area contributed by atoms with Crippen molar-refractivity contribution in [2.75, 3.05) is 26.8 Å². The first-order valence-corrected chi connectivity index (χ1v) is 9.28. The lowest BCUT2D eigenvalue weighted by atomic mass is 10.1. The van der Waals surface area contributed by atoms with Gasteiger partial charge in [-0.05, 0) is 48.7 Å². The first kappa shape index (κ1) is 20.3. The van der Waals surface area contributed by atoms with E-state index >= 15 is 0 Å². The molecule has 2 rings (SSSR count). The van der Waals surface area contributed by atoms with Gasteiger partial charge in [0.2, 0.25) is 0 Å². The molecule has 4 heteroatoms. The monoisotopic (exact) mass is 357 g/mol. The molecule has 0 aliphatic carbocycles. The van der Waals surface area contributed by atoms with Crippen LogP contribution in [0, 0.1) is 5.92 Å². The van der Waals surface area contributed by atoms with Gasteiger partial charge in [-0.25, -0.2) is 0 Å². The maximum absolute atomic E-state index is 10.4. The maximum atomic E-state index is 10.4. The Morgan fingerprint density at radius 2 is 1.65 bits per heavy atom. The van der Waals surface area contributed by atoms with E-state index < -0.39 is 6.10 Å². The smallest absolute Gasteiger partial charge is 0.119 e. The van der Waals surface area contributed by atoms with E-state index in [0.717, 1.165) is 31.0 Å². The van der Waals surface area contributed by atoms with E-state index in [0.29, 0.717) is 19.1 Å². The lowest BCUT2D eigenvalue weighted by molar-refractivity contribution is 0.0639. The van der Waals surface area contributed by atoms with Crippen LogP contribution >= 0.6 is 0 Å². The molecular weight excluding hydrogens is 326 g/mol. The van der Waals surface area contributed by atoms with Crippen LogP contribution in [0.5, 0.6) is 11.5 Å². The minimum atomic E-state index is -0.527. The van der Waals surface area contributed by atoms with Crippen molar-refractivity contribution in [1.82, 2.24) is 4.90 Å². The number of para-hydroxylation sites is 1. The molecule has 1 N–H and O–H groups in total. The summed E-state index contributed by atoms with van der Waals surface area (Å²) in [5, 5.41) is 10.4. The van der Waals surface area contributed by atoms with Crippen LogP contribution in [0.15, 0.2) is 54.6 Å². The van der Waals surface area contributed by atoms with Gasteiger partial charge in [-0.3, -0.25) is 4.90 Å². The first-order chi connectivity index (χ1) is 12.6. The Hall–Kier alpha value is -2.04. The van der Waals surface area contributed by atoms with E-state index in [1.54, 1.807) is 7.11 Å². The standard InChI is InChI=1S/C22H31NO3/c1-18(2)13-14-23(15-19-9-11-21(25-3)12-10-19)16-20(24)17-26-22-7-5-4-6-8-22/h4-12,18,20,24H,13-17H2,1-3H3/t20-/m0/s1. The second-order valence-electron chi connectivity index (χ2n) is 7.04. The van der Waals surface area contributed by atoms with E-state index in [-0.39, 0.29) is 0 Å². The molecule has 0 aliphatic rings. The predicted octanol–water partition coefficient (Wildman–Crippen LogP) is 3.98. The fraction of sp³-hybridized carbons (Fsp3) is 0.455. The van der Waals surface area contributed by atoms with Crippen LogP contribution in [-0.2, 0) is 6.54 Å². The summed E-state index contributed by atoms with van der Waals surface area (Å²) >= 11 is 0. The molecule has 2 aromatic carbocycles. The highest BCUT2D eigenvalue weighted by Crippen LogP contribution is 2.15. The van der Waals surface area contributed by atoms with Crippen LogP contribution in [0.1, 0.15) is 25.8 Å². The van der Waals surface area contributed by atoms with Gasteiger partial charge >= 0.3 is 0 Å². The molecule has 2 aromatic rings. The second-order valence-corrected chi connectivity index (χ2v) is 7.04. The third kappa shape index (κ3) is 7.46. The van der Waals surface area contributed by atoms with Gasteiger partial charge < -0.3 is 14.6 Å². The molecule has 0 spiro atoms. The van der Waals surface area contributed by atoms with Crippen LogP contribution < -0.4 is 9.47 Å². The lowest BCUT2D eigenvalue weighted by Crippen LogP contribution is -2.36. The molecule has 0 unspecified atom stereocenters. The van der Waals surface area contributed by atoms with Crippen molar-refractivity contribution in [3.8, 4) is 11.5 Å². The Morgan fingerprint density at radius 1 is 0.962 bits per heavy atom. The van der Waals surface area contributed by atoms with E-state index in [2.05, 4.69) is 30.9 Å². The van der Waals surface area contributed by atoms with E-state index in [1.165, 1.54) is 5.56 Å². The molecule has 4 nitrogen and oxygen atoms in total. The SMILES string of the molecule is COc1ccc(CN(CCC(C)C)C[C@H](O)COc2ccccc2)cc1. The summed E-state index contributed by atoms with van der Waals surface area (Å²) < 4.78 is 10.9. The van der Waals surface area contributed by atoms with Crippen molar-refractivity contribution < 1.29 is 14.6 Å². The summed E-state index contributed by atoms with van der Waals surface area (Å²) in [7, 11) is 1.67. The molecule has 0 amide bonds. The zero-order valence-corrected chi connectivity index (χ0v) is 16.1. The van der Waals surface area contributed by atoms with Crippen molar-refractivity contribution >= 4 is 0 Å². The molecule has 0 fully saturated rings. The molecular formula is C22H31NO3. The number of rotatable bonds is 11. The van der Waals surface area contributed by atoms with Gasteiger partial charge in [-0.2, -0.15) is 0 Å². The Morgan fingerprint density at radius 3 is 2.27 bits per heavy atom. The summed E-state index contributed by atoms with van der Waals surface area (Å²) in [5.74, 6) is 2.28. The lowest BCUT2D eigenvalue weighted by Gasteiger charge is -2.26. The third-order valence-electron chi connectivity index (χ3n) is 4.24. The molecule has 0 bridgehead atoms. The number of ether oxygens (including phenoxy) is 2. The Kier molecular flexibility index (Phi) is 8.45. The van der Waals surface area contributed by atoms with Crippen molar-refractivity contribution in [1.29, 1.82) is 0 Å². The number of benzene rings is 2. The number of aliphatic hydroxyl groups is 1. The van der Waals surface area contributed by atoms with Gasteiger partial charge in [0.05, 0.1) is 7.11 Å². The number of aliphatic hydroxyl groups excluding tert-OH is 1. The maximum Gasteiger partial charge on any atom is 0.119 e. The number of methoxy groups -OCH3 is 1. The van der Waals surface area contributed by atoms with E-state index in [1.807, 2.05) is 42.5 Å². The molecule has 1 atom stereocenters.